The average Bonchev–Trinajstić information content (AvgIpc) is 3.10. The van der Waals surface area contributed by atoms with Crippen LogP contribution in [0.4, 0.5) is 0 Å². The molecule has 2 N–H and O–H groups in total. The summed E-state index contributed by atoms with van der Waals surface area (Å²) in [5.41, 5.74) is 2.06. The number of aromatic nitrogens is 2. The molecule has 1 fully saturated rings. The molecule has 0 radical (unpaired) electrons. The fourth-order valence-corrected chi connectivity index (χ4v) is 3.18. The van der Waals surface area contributed by atoms with Crippen molar-refractivity contribution in [3.8, 4) is 11.5 Å². The van der Waals surface area contributed by atoms with Crippen LogP contribution in [0.2, 0.25) is 0 Å². The van der Waals surface area contributed by atoms with Gasteiger partial charge in [-0.1, -0.05) is 17.7 Å². The minimum absolute atomic E-state index is 0.0162. The molecule has 0 atom stereocenters. The van der Waals surface area contributed by atoms with Gasteiger partial charge in [0.15, 0.2) is 0 Å². The van der Waals surface area contributed by atoms with E-state index in [-0.39, 0.29) is 18.6 Å². The number of aryl methyl sites for hydroxylation is 2. The molecule has 6 nitrogen and oxygen atoms in total. The van der Waals surface area contributed by atoms with Crippen molar-refractivity contribution in [1.29, 1.82) is 0 Å². The smallest absolute Gasteiger partial charge is 0.247 e. The number of benzene rings is 1. The number of hydrogen-bond acceptors (Lipinski definition) is 5. The lowest BCUT2D eigenvalue weighted by molar-refractivity contribution is -0.122. The summed E-state index contributed by atoms with van der Waals surface area (Å²) >= 11 is 0. The van der Waals surface area contributed by atoms with Crippen molar-refractivity contribution in [2.75, 3.05) is 6.61 Å². The normalized spacial score (nSPS) is 20.4. The summed E-state index contributed by atoms with van der Waals surface area (Å²) in [6.07, 6.45) is 4.62. The third-order valence-electron chi connectivity index (χ3n) is 4.80. The van der Waals surface area contributed by atoms with E-state index in [4.69, 9.17) is 9.52 Å². The summed E-state index contributed by atoms with van der Waals surface area (Å²) in [6.45, 7) is 2.28. The first-order chi connectivity index (χ1) is 12.1. The van der Waals surface area contributed by atoms with Crippen LogP contribution >= 0.6 is 0 Å². The summed E-state index contributed by atoms with van der Waals surface area (Å²) in [5, 5.41) is 20.3. The second kappa shape index (κ2) is 8.25. The first kappa shape index (κ1) is 17.6. The highest BCUT2D eigenvalue weighted by molar-refractivity contribution is 5.76. The van der Waals surface area contributed by atoms with Gasteiger partial charge in [-0.05, 0) is 50.7 Å². The fraction of sp³-hybridized carbons (Fsp3) is 0.526. The van der Waals surface area contributed by atoms with Crippen LogP contribution < -0.4 is 5.32 Å². The second-order valence-corrected chi connectivity index (χ2v) is 6.83. The van der Waals surface area contributed by atoms with Crippen LogP contribution in [0, 0.1) is 12.8 Å². The standard InChI is InChI=1S/C19H25N3O3/c1-13-2-6-15(7-3-13)19-22-21-18(25-19)11-10-17(24)20-16-8-4-14(12-23)5-9-16/h2-3,6-7,14,16,23H,4-5,8-12H2,1H3,(H,20,24). The Balaban J connectivity index is 1.46. The molecule has 1 aliphatic rings. The number of rotatable bonds is 6. The maximum atomic E-state index is 12.1. The van der Waals surface area contributed by atoms with Crippen LogP contribution in [0.5, 0.6) is 0 Å². The maximum Gasteiger partial charge on any atom is 0.247 e. The number of hydrogen-bond donors (Lipinski definition) is 2. The molecule has 134 valence electrons. The lowest BCUT2D eigenvalue weighted by Crippen LogP contribution is -2.38. The molecule has 1 amide bonds. The van der Waals surface area contributed by atoms with Gasteiger partial charge in [-0.25, -0.2) is 0 Å². The molecule has 0 aliphatic heterocycles. The number of carbonyl (C=O) groups is 1. The molecule has 0 bridgehead atoms. The van der Waals surface area contributed by atoms with Crippen molar-refractivity contribution >= 4 is 5.91 Å². The maximum absolute atomic E-state index is 12.1. The van der Waals surface area contributed by atoms with Gasteiger partial charge in [0.1, 0.15) is 0 Å². The van der Waals surface area contributed by atoms with Gasteiger partial charge in [0.05, 0.1) is 0 Å². The number of nitrogens with zero attached hydrogens (tertiary/aromatic N) is 2. The van der Waals surface area contributed by atoms with E-state index in [1.807, 2.05) is 31.2 Å². The van der Waals surface area contributed by atoms with Crippen molar-refractivity contribution in [3.05, 3.63) is 35.7 Å². The Morgan fingerprint density at radius 3 is 2.60 bits per heavy atom. The Morgan fingerprint density at radius 1 is 1.20 bits per heavy atom. The Kier molecular flexibility index (Phi) is 5.81. The second-order valence-electron chi connectivity index (χ2n) is 6.83. The Labute approximate surface area is 147 Å². The molecule has 0 unspecified atom stereocenters. The van der Waals surface area contributed by atoms with E-state index < -0.39 is 0 Å². The monoisotopic (exact) mass is 343 g/mol. The van der Waals surface area contributed by atoms with Gasteiger partial charge < -0.3 is 14.8 Å². The average molecular weight is 343 g/mol. The van der Waals surface area contributed by atoms with E-state index in [0.717, 1.165) is 31.2 Å². The van der Waals surface area contributed by atoms with Gasteiger partial charge in [-0.2, -0.15) is 0 Å². The van der Waals surface area contributed by atoms with Gasteiger partial charge in [0.25, 0.3) is 0 Å². The highest BCUT2D eigenvalue weighted by atomic mass is 16.4. The Hall–Kier alpha value is -2.21. The van der Waals surface area contributed by atoms with Crippen LogP contribution in [0.15, 0.2) is 28.7 Å². The van der Waals surface area contributed by atoms with E-state index in [1.54, 1.807) is 0 Å². The molecule has 0 spiro atoms. The summed E-state index contributed by atoms with van der Waals surface area (Å²) in [4.78, 5) is 12.1. The molecule has 0 saturated heterocycles. The van der Waals surface area contributed by atoms with E-state index in [2.05, 4.69) is 15.5 Å². The molecule has 1 saturated carbocycles. The zero-order chi connectivity index (χ0) is 17.6. The predicted octanol–water partition coefficient (Wildman–Crippen LogP) is 2.64. The summed E-state index contributed by atoms with van der Waals surface area (Å²) in [6, 6.07) is 8.11. The molecule has 1 aliphatic carbocycles. The fourth-order valence-electron chi connectivity index (χ4n) is 3.18. The van der Waals surface area contributed by atoms with E-state index in [1.165, 1.54) is 5.56 Å². The third kappa shape index (κ3) is 4.89. The number of amides is 1. The number of aliphatic hydroxyl groups excluding tert-OH is 1. The van der Waals surface area contributed by atoms with Gasteiger partial charge in [0, 0.05) is 31.1 Å². The molecule has 25 heavy (non-hydrogen) atoms. The van der Waals surface area contributed by atoms with Crippen molar-refractivity contribution < 1.29 is 14.3 Å². The van der Waals surface area contributed by atoms with Crippen molar-refractivity contribution in [2.45, 2.75) is 51.5 Å². The summed E-state index contributed by atoms with van der Waals surface area (Å²) in [5.74, 6) is 1.38. The first-order valence-electron chi connectivity index (χ1n) is 8.93. The Morgan fingerprint density at radius 2 is 1.92 bits per heavy atom. The number of aliphatic hydroxyl groups is 1. The molecule has 2 aromatic rings. The van der Waals surface area contributed by atoms with Gasteiger partial charge in [-0.3, -0.25) is 4.79 Å². The quantitative estimate of drug-likeness (QED) is 0.842. The van der Waals surface area contributed by atoms with Gasteiger partial charge in [0.2, 0.25) is 17.7 Å². The molecular weight excluding hydrogens is 318 g/mol. The van der Waals surface area contributed by atoms with Crippen molar-refractivity contribution in [2.24, 2.45) is 5.92 Å². The molecular formula is C19H25N3O3. The predicted molar refractivity (Wildman–Crippen MR) is 93.8 cm³/mol. The Bertz CT molecular complexity index is 688. The lowest BCUT2D eigenvalue weighted by atomic mass is 9.86. The van der Waals surface area contributed by atoms with Crippen molar-refractivity contribution in [3.63, 3.8) is 0 Å². The zero-order valence-electron chi connectivity index (χ0n) is 14.6. The molecule has 3 rings (SSSR count). The molecule has 1 heterocycles. The SMILES string of the molecule is Cc1ccc(-c2nnc(CCC(=O)NC3CCC(CO)CC3)o2)cc1. The van der Waals surface area contributed by atoms with Gasteiger partial charge >= 0.3 is 0 Å². The van der Waals surface area contributed by atoms with Crippen LogP contribution in [0.3, 0.4) is 0 Å². The molecule has 1 aromatic heterocycles. The van der Waals surface area contributed by atoms with Crippen LogP contribution in [-0.2, 0) is 11.2 Å². The van der Waals surface area contributed by atoms with E-state index in [0.29, 0.717) is 30.5 Å². The molecule has 1 aromatic carbocycles. The minimum Gasteiger partial charge on any atom is -0.421 e. The topological polar surface area (TPSA) is 88.2 Å². The summed E-state index contributed by atoms with van der Waals surface area (Å²) in [7, 11) is 0. The third-order valence-corrected chi connectivity index (χ3v) is 4.80. The molecule has 6 heteroatoms. The first-order valence-corrected chi connectivity index (χ1v) is 8.93. The van der Waals surface area contributed by atoms with Crippen molar-refractivity contribution in [1.82, 2.24) is 15.5 Å². The van der Waals surface area contributed by atoms with Gasteiger partial charge in [-0.15, -0.1) is 10.2 Å². The van der Waals surface area contributed by atoms with Crippen LogP contribution in [0.25, 0.3) is 11.5 Å². The number of carbonyl (C=O) groups excluding carboxylic acids is 1. The van der Waals surface area contributed by atoms with E-state index in [9.17, 15) is 4.79 Å². The minimum atomic E-state index is 0.0162. The number of nitrogens with one attached hydrogen (secondary N) is 1. The van der Waals surface area contributed by atoms with Crippen LogP contribution in [-0.4, -0.2) is 33.9 Å². The summed E-state index contributed by atoms with van der Waals surface area (Å²) < 4.78 is 5.65. The highest BCUT2D eigenvalue weighted by Gasteiger charge is 2.22. The van der Waals surface area contributed by atoms with E-state index >= 15 is 0 Å². The lowest BCUT2D eigenvalue weighted by Gasteiger charge is -2.27. The zero-order valence-corrected chi connectivity index (χ0v) is 14.6. The largest absolute Gasteiger partial charge is 0.421 e. The highest BCUT2D eigenvalue weighted by Crippen LogP contribution is 2.24. The van der Waals surface area contributed by atoms with Crippen LogP contribution in [0.1, 0.15) is 43.6 Å².